The van der Waals surface area contributed by atoms with Gasteiger partial charge in [0, 0.05) is 18.2 Å². The number of hydrogen-bond donors (Lipinski definition) is 1. The van der Waals surface area contributed by atoms with Gasteiger partial charge in [-0.2, -0.15) is 0 Å². The summed E-state index contributed by atoms with van der Waals surface area (Å²) in [4.78, 5) is 19.4. The molecule has 1 aromatic carbocycles. The van der Waals surface area contributed by atoms with Crippen LogP contribution in [0.4, 0.5) is 0 Å². The molecule has 0 radical (unpaired) electrons. The third-order valence-electron chi connectivity index (χ3n) is 3.79. The van der Waals surface area contributed by atoms with Crippen molar-refractivity contribution >= 4 is 10.9 Å². The van der Waals surface area contributed by atoms with Crippen LogP contribution in [0, 0.1) is 6.92 Å². The number of fused-ring (bicyclic) bond motifs is 1. The molecule has 3 aromatic rings. The Hall–Kier alpha value is -2.66. The van der Waals surface area contributed by atoms with Crippen LogP contribution in [0.3, 0.4) is 0 Å². The third-order valence-corrected chi connectivity index (χ3v) is 3.79. The van der Waals surface area contributed by atoms with Crippen molar-refractivity contribution in [2.45, 2.75) is 13.8 Å². The van der Waals surface area contributed by atoms with Crippen LogP contribution in [-0.4, -0.2) is 29.8 Å². The van der Waals surface area contributed by atoms with Gasteiger partial charge in [0.25, 0.3) is 5.56 Å². The Balaban J connectivity index is 2.05. The van der Waals surface area contributed by atoms with Crippen molar-refractivity contribution < 1.29 is 9.47 Å². The number of para-hydroxylation sites is 1. The number of hydrogen-bond acceptors (Lipinski definition) is 4. The van der Waals surface area contributed by atoms with Crippen LogP contribution < -0.4 is 10.3 Å². The minimum absolute atomic E-state index is 0.154. The van der Waals surface area contributed by atoms with E-state index in [1.165, 1.54) is 0 Å². The highest BCUT2D eigenvalue weighted by atomic mass is 16.5. The second-order valence-electron chi connectivity index (χ2n) is 5.44. The first kappa shape index (κ1) is 16.2. The molecule has 2 aromatic heterocycles. The first-order valence-corrected chi connectivity index (χ1v) is 7.99. The fourth-order valence-electron chi connectivity index (χ4n) is 2.62. The number of benzene rings is 1. The molecule has 3 rings (SSSR count). The van der Waals surface area contributed by atoms with Crippen molar-refractivity contribution in [3.05, 3.63) is 58.5 Å². The van der Waals surface area contributed by atoms with Crippen molar-refractivity contribution in [1.82, 2.24) is 9.97 Å². The maximum absolute atomic E-state index is 12.1. The smallest absolute Gasteiger partial charge is 0.257 e. The molecule has 0 saturated carbocycles. The lowest BCUT2D eigenvalue weighted by atomic mass is 10.1. The monoisotopic (exact) mass is 324 g/mol. The van der Waals surface area contributed by atoms with Crippen LogP contribution in [0.5, 0.6) is 5.75 Å². The van der Waals surface area contributed by atoms with Crippen LogP contribution in [0.15, 0.2) is 47.4 Å². The topological polar surface area (TPSA) is 64.2 Å². The molecule has 5 nitrogen and oxygen atoms in total. The average molecular weight is 324 g/mol. The van der Waals surface area contributed by atoms with E-state index in [0.717, 1.165) is 16.5 Å². The average Bonchev–Trinajstić information content (AvgIpc) is 2.59. The predicted molar refractivity (Wildman–Crippen MR) is 94.5 cm³/mol. The fraction of sp³-hybridized carbons (Fsp3) is 0.263. The molecular formula is C19H20N2O3. The van der Waals surface area contributed by atoms with Gasteiger partial charge in [0.2, 0.25) is 0 Å². The minimum Gasteiger partial charge on any atom is -0.489 e. The SMILES string of the molecule is CCOCCOc1cccc2c(C)cc(-c3ccc[nH]c3=O)nc12. The van der Waals surface area contributed by atoms with E-state index in [1.807, 2.05) is 38.1 Å². The quantitative estimate of drug-likeness (QED) is 0.707. The summed E-state index contributed by atoms with van der Waals surface area (Å²) in [5, 5.41) is 1.01. The Kier molecular flexibility index (Phi) is 4.91. The molecule has 0 aliphatic carbocycles. The van der Waals surface area contributed by atoms with Gasteiger partial charge in [0.15, 0.2) is 0 Å². The zero-order valence-electron chi connectivity index (χ0n) is 13.8. The number of H-pyrrole nitrogens is 1. The van der Waals surface area contributed by atoms with E-state index in [2.05, 4.69) is 9.97 Å². The first-order valence-electron chi connectivity index (χ1n) is 7.99. The Labute approximate surface area is 140 Å². The summed E-state index contributed by atoms with van der Waals surface area (Å²) in [5.41, 5.74) is 2.84. The summed E-state index contributed by atoms with van der Waals surface area (Å²) in [7, 11) is 0. The van der Waals surface area contributed by atoms with E-state index >= 15 is 0 Å². The highest BCUT2D eigenvalue weighted by Gasteiger charge is 2.11. The first-order chi connectivity index (χ1) is 11.7. The van der Waals surface area contributed by atoms with Gasteiger partial charge in [-0.25, -0.2) is 4.98 Å². The molecule has 0 spiro atoms. The molecule has 0 unspecified atom stereocenters. The molecule has 124 valence electrons. The Morgan fingerprint density at radius 2 is 2.04 bits per heavy atom. The van der Waals surface area contributed by atoms with Gasteiger partial charge < -0.3 is 14.5 Å². The molecule has 0 aliphatic rings. The number of aromatic amines is 1. The van der Waals surface area contributed by atoms with Gasteiger partial charge in [0.05, 0.1) is 17.9 Å². The fourth-order valence-corrected chi connectivity index (χ4v) is 2.62. The molecule has 0 aliphatic heterocycles. The number of aromatic nitrogens is 2. The predicted octanol–water partition coefficient (Wildman–Crippen LogP) is 3.31. The Morgan fingerprint density at radius 1 is 1.17 bits per heavy atom. The number of rotatable bonds is 6. The summed E-state index contributed by atoms with van der Waals surface area (Å²) < 4.78 is 11.1. The highest BCUT2D eigenvalue weighted by Crippen LogP contribution is 2.29. The summed E-state index contributed by atoms with van der Waals surface area (Å²) in [6, 6.07) is 11.3. The van der Waals surface area contributed by atoms with Gasteiger partial charge in [-0.15, -0.1) is 0 Å². The molecule has 0 bridgehead atoms. The van der Waals surface area contributed by atoms with Crippen LogP contribution in [0.25, 0.3) is 22.2 Å². The van der Waals surface area contributed by atoms with Gasteiger partial charge >= 0.3 is 0 Å². The lowest BCUT2D eigenvalue weighted by molar-refractivity contribution is 0.110. The van der Waals surface area contributed by atoms with E-state index in [0.29, 0.717) is 36.8 Å². The van der Waals surface area contributed by atoms with Crippen molar-refractivity contribution in [2.24, 2.45) is 0 Å². The number of pyridine rings is 2. The molecular weight excluding hydrogens is 304 g/mol. The molecule has 0 fully saturated rings. The summed E-state index contributed by atoms with van der Waals surface area (Å²) in [6.45, 7) is 5.62. The maximum atomic E-state index is 12.1. The van der Waals surface area contributed by atoms with Crippen molar-refractivity contribution in [3.8, 4) is 17.0 Å². The van der Waals surface area contributed by atoms with E-state index in [-0.39, 0.29) is 5.56 Å². The van der Waals surface area contributed by atoms with Crippen LogP contribution in [-0.2, 0) is 4.74 Å². The molecule has 5 heteroatoms. The zero-order valence-corrected chi connectivity index (χ0v) is 13.8. The van der Waals surface area contributed by atoms with Crippen LogP contribution >= 0.6 is 0 Å². The second kappa shape index (κ2) is 7.27. The minimum atomic E-state index is -0.154. The van der Waals surface area contributed by atoms with Crippen LogP contribution in [0.1, 0.15) is 12.5 Å². The molecule has 2 heterocycles. The number of aryl methyl sites for hydroxylation is 1. The van der Waals surface area contributed by atoms with Crippen molar-refractivity contribution in [1.29, 1.82) is 0 Å². The van der Waals surface area contributed by atoms with E-state index in [1.54, 1.807) is 18.3 Å². The van der Waals surface area contributed by atoms with Crippen molar-refractivity contribution in [2.75, 3.05) is 19.8 Å². The largest absolute Gasteiger partial charge is 0.489 e. The van der Waals surface area contributed by atoms with Gasteiger partial charge in [-0.1, -0.05) is 12.1 Å². The normalized spacial score (nSPS) is 10.9. The maximum Gasteiger partial charge on any atom is 0.257 e. The van der Waals surface area contributed by atoms with E-state index in [9.17, 15) is 4.79 Å². The lowest BCUT2D eigenvalue weighted by Crippen LogP contribution is -2.09. The van der Waals surface area contributed by atoms with E-state index in [4.69, 9.17) is 9.47 Å². The summed E-state index contributed by atoms with van der Waals surface area (Å²) >= 11 is 0. The summed E-state index contributed by atoms with van der Waals surface area (Å²) in [6.07, 6.45) is 1.61. The Bertz CT molecular complexity index is 902. The zero-order chi connectivity index (χ0) is 16.9. The molecule has 1 N–H and O–H groups in total. The Morgan fingerprint density at radius 3 is 2.83 bits per heavy atom. The lowest BCUT2D eigenvalue weighted by Gasteiger charge is -2.11. The molecule has 0 atom stereocenters. The number of nitrogens with zero attached hydrogens (tertiary/aromatic N) is 1. The molecule has 0 amide bonds. The van der Waals surface area contributed by atoms with E-state index < -0.39 is 0 Å². The highest BCUT2D eigenvalue weighted by molar-refractivity contribution is 5.89. The summed E-state index contributed by atoms with van der Waals surface area (Å²) in [5.74, 6) is 0.699. The number of nitrogens with one attached hydrogen (secondary N) is 1. The molecule has 24 heavy (non-hydrogen) atoms. The number of ether oxygens (including phenoxy) is 2. The van der Waals surface area contributed by atoms with Crippen molar-refractivity contribution in [3.63, 3.8) is 0 Å². The molecule has 0 saturated heterocycles. The third kappa shape index (κ3) is 3.31. The van der Waals surface area contributed by atoms with Gasteiger partial charge in [0.1, 0.15) is 17.9 Å². The second-order valence-corrected chi connectivity index (χ2v) is 5.44. The van der Waals surface area contributed by atoms with Gasteiger partial charge in [-0.3, -0.25) is 4.79 Å². The standard InChI is InChI=1S/C19H20N2O3/c1-3-23-10-11-24-17-8-4-6-14-13(2)12-16(21-18(14)17)15-7-5-9-20-19(15)22/h4-9,12H,3,10-11H2,1-2H3,(H,20,22). The van der Waals surface area contributed by atoms with Gasteiger partial charge in [-0.05, 0) is 43.7 Å². The van der Waals surface area contributed by atoms with Crippen LogP contribution in [0.2, 0.25) is 0 Å².